The van der Waals surface area contributed by atoms with Crippen molar-refractivity contribution in [1.29, 1.82) is 0 Å². The van der Waals surface area contributed by atoms with Crippen LogP contribution in [0.1, 0.15) is 65.8 Å². The van der Waals surface area contributed by atoms with Gasteiger partial charge in [0.2, 0.25) is 0 Å². The third-order valence-corrected chi connectivity index (χ3v) is 3.46. The highest BCUT2D eigenvalue weighted by molar-refractivity contribution is 5.59. The van der Waals surface area contributed by atoms with E-state index in [1.54, 1.807) is 0 Å². The van der Waals surface area contributed by atoms with E-state index in [-0.39, 0.29) is 0 Å². The second kappa shape index (κ2) is 7.62. The number of hydrogen-bond acceptors (Lipinski definition) is 4. The van der Waals surface area contributed by atoms with E-state index in [1.807, 2.05) is 0 Å². The molecule has 1 N–H and O–H groups in total. The van der Waals surface area contributed by atoms with Gasteiger partial charge >= 0.3 is 0 Å². The molecule has 1 aromatic rings. The van der Waals surface area contributed by atoms with E-state index in [1.165, 1.54) is 0 Å². The number of aromatic nitrogens is 2. The fraction of sp³-hybridized carbons (Fsp3) is 0.765. The van der Waals surface area contributed by atoms with Gasteiger partial charge in [0.25, 0.3) is 0 Å². The summed E-state index contributed by atoms with van der Waals surface area (Å²) in [5.74, 6) is 3.90. The van der Waals surface area contributed by atoms with Crippen LogP contribution in [0.15, 0.2) is 0 Å². The molecule has 120 valence electrons. The first-order valence-electron chi connectivity index (χ1n) is 8.16. The highest BCUT2D eigenvalue weighted by Crippen LogP contribution is 2.28. The van der Waals surface area contributed by atoms with Crippen molar-refractivity contribution < 1.29 is 0 Å². The second-order valence-electron chi connectivity index (χ2n) is 6.70. The Morgan fingerprint density at radius 3 is 2.10 bits per heavy atom. The molecule has 1 rings (SSSR count). The number of hydrogen-bond donors (Lipinski definition) is 1. The zero-order valence-electron chi connectivity index (χ0n) is 15.0. The van der Waals surface area contributed by atoms with E-state index in [0.29, 0.717) is 17.9 Å². The minimum atomic E-state index is 0.329. The average molecular weight is 292 g/mol. The van der Waals surface area contributed by atoms with Gasteiger partial charge < -0.3 is 10.2 Å². The molecule has 0 spiro atoms. The standard InChI is InChI=1S/C17H32N4/c1-9-18-16-14(8)17(20-15(19-16)12(4)5)21(13(6)7)10-11(2)3/h11-13H,9-10H2,1-8H3,(H,18,19,20). The van der Waals surface area contributed by atoms with Crippen molar-refractivity contribution in [2.24, 2.45) is 5.92 Å². The highest BCUT2D eigenvalue weighted by Gasteiger charge is 2.20. The lowest BCUT2D eigenvalue weighted by atomic mass is 10.1. The van der Waals surface area contributed by atoms with Crippen LogP contribution < -0.4 is 10.2 Å². The number of rotatable bonds is 7. The van der Waals surface area contributed by atoms with Gasteiger partial charge in [-0.2, -0.15) is 0 Å². The van der Waals surface area contributed by atoms with Crippen LogP contribution in [0.25, 0.3) is 0 Å². The predicted molar refractivity (Wildman–Crippen MR) is 92.3 cm³/mol. The summed E-state index contributed by atoms with van der Waals surface area (Å²) >= 11 is 0. The Morgan fingerprint density at radius 2 is 1.67 bits per heavy atom. The molecule has 0 unspecified atom stereocenters. The molecule has 0 aliphatic carbocycles. The summed E-state index contributed by atoms with van der Waals surface area (Å²) in [5, 5.41) is 3.38. The lowest BCUT2D eigenvalue weighted by Gasteiger charge is -2.32. The van der Waals surface area contributed by atoms with Gasteiger partial charge in [0.15, 0.2) is 0 Å². The van der Waals surface area contributed by atoms with Crippen molar-refractivity contribution in [1.82, 2.24) is 9.97 Å². The molecule has 0 atom stereocenters. The van der Waals surface area contributed by atoms with Gasteiger partial charge in [0.05, 0.1) is 0 Å². The molecule has 1 heterocycles. The topological polar surface area (TPSA) is 41.1 Å². The lowest BCUT2D eigenvalue weighted by molar-refractivity contribution is 0.562. The van der Waals surface area contributed by atoms with Gasteiger partial charge in [0, 0.05) is 30.6 Å². The molecule has 0 amide bonds. The Labute approximate surface area is 130 Å². The smallest absolute Gasteiger partial charge is 0.137 e. The number of anilines is 2. The van der Waals surface area contributed by atoms with E-state index in [9.17, 15) is 0 Å². The Bertz CT molecular complexity index is 452. The van der Waals surface area contributed by atoms with Crippen LogP contribution in [0.3, 0.4) is 0 Å². The van der Waals surface area contributed by atoms with Crippen LogP contribution in [0.2, 0.25) is 0 Å². The lowest BCUT2D eigenvalue weighted by Crippen LogP contribution is -2.36. The Balaban J connectivity index is 3.35. The van der Waals surface area contributed by atoms with Gasteiger partial charge in [0.1, 0.15) is 17.5 Å². The van der Waals surface area contributed by atoms with Crippen LogP contribution in [-0.2, 0) is 0 Å². The first-order chi connectivity index (χ1) is 9.77. The zero-order valence-corrected chi connectivity index (χ0v) is 15.0. The van der Waals surface area contributed by atoms with Crippen molar-refractivity contribution in [3.8, 4) is 0 Å². The summed E-state index contributed by atoms with van der Waals surface area (Å²) in [6.45, 7) is 19.4. The van der Waals surface area contributed by atoms with Crippen molar-refractivity contribution in [2.75, 3.05) is 23.3 Å². The van der Waals surface area contributed by atoms with Gasteiger partial charge in [-0.15, -0.1) is 0 Å². The van der Waals surface area contributed by atoms with Crippen molar-refractivity contribution >= 4 is 11.6 Å². The summed E-state index contributed by atoms with van der Waals surface area (Å²) < 4.78 is 0. The Kier molecular flexibility index (Phi) is 6.43. The van der Waals surface area contributed by atoms with Crippen molar-refractivity contribution in [3.05, 3.63) is 11.4 Å². The third-order valence-electron chi connectivity index (χ3n) is 3.46. The van der Waals surface area contributed by atoms with Crippen molar-refractivity contribution in [2.45, 2.75) is 67.3 Å². The molecule has 0 radical (unpaired) electrons. The zero-order chi connectivity index (χ0) is 16.2. The molecule has 0 fully saturated rings. The minimum Gasteiger partial charge on any atom is -0.370 e. The van der Waals surface area contributed by atoms with E-state index in [2.05, 4.69) is 65.6 Å². The quantitative estimate of drug-likeness (QED) is 0.817. The maximum absolute atomic E-state index is 4.86. The number of nitrogens with one attached hydrogen (secondary N) is 1. The van der Waals surface area contributed by atoms with E-state index in [0.717, 1.165) is 36.1 Å². The summed E-state index contributed by atoms with van der Waals surface area (Å²) in [6, 6.07) is 0.426. The van der Waals surface area contributed by atoms with Crippen LogP contribution in [0, 0.1) is 12.8 Å². The molecule has 4 nitrogen and oxygen atoms in total. The summed E-state index contributed by atoms with van der Waals surface area (Å²) in [7, 11) is 0. The highest BCUT2D eigenvalue weighted by atomic mass is 15.2. The van der Waals surface area contributed by atoms with Crippen LogP contribution in [-0.4, -0.2) is 29.1 Å². The molecule has 0 saturated heterocycles. The van der Waals surface area contributed by atoms with Gasteiger partial charge in [-0.3, -0.25) is 0 Å². The average Bonchev–Trinajstić information content (AvgIpc) is 2.38. The fourth-order valence-electron chi connectivity index (χ4n) is 2.33. The minimum absolute atomic E-state index is 0.329. The summed E-state index contributed by atoms with van der Waals surface area (Å²) in [4.78, 5) is 12.0. The normalized spacial score (nSPS) is 11.6. The molecule has 0 aliphatic rings. The first kappa shape index (κ1) is 17.7. The summed E-state index contributed by atoms with van der Waals surface area (Å²) in [6.07, 6.45) is 0. The van der Waals surface area contributed by atoms with Crippen molar-refractivity contribution in [3.63, 3.8) is 0 Å². The second-order valence-corrected chi connectivity index (χ2v) is 6.70. The SMILES string of the molecule is CCNc1nc(C(C)C)nc(N(CC(C)C)C(C)C)c1C. The molecule has 0 aromatic carbocycles. The van der Waals surface area contributed by atoms with Crippen LogP contribution in [0.5, 0.6) is 0 Å². The van der Waals surface area contributed by atoms with Gasteiger partial charge in [-0.1, -0.05) is 27.7 Å². The fourth-order valence-corrected chi connectivity index (χ4v) is 2.33. The molecular formula is C17H32N4. The monoisotopic (exact) mass is 292 g/mol. The molecule has 21 heavy (non-hydrogen) atoms. The van der Waals surface area contributed by atoms with Crippen LogP contribution in [0.4, 0.5) is 11.6 Å². The molecule has 1 aromatic heterocycles. The largest absolute Gasteiger partial charge is 0.370 e. The molecule has 4 heteroatoms. The maximum Gasteiger partial charge on any atom is 0.137 e. The first-order valence-corrected chi connectivity index (χ1v) is 8.16. The van der Waals surface area contributed by atoms with Crippen LogP contribution >= 0.6 is 0 Å². The van der Waals surface area contributed by atoms with Gasteiger partial charge in [-0.05, 0) is 33.6 Å². The maximum atomic E-state index is 4.86. The molecule has 0 saturated carbocycles. The van der Waals surface area contributed by atoms with Gasteiger partial charge in [-0.25, -0.2) is 9.97 Å². The van der Waals surface area contributed by atoms with E-state index in [4.69, 9.17) is 9.97 Å². The summed E-state index contributed by atoms with van der Waals surface area (Å²) in [5.41, 5.74) is 1.15. The Hall–Kier alpha value is -1.32. The molecule has 0 bridgehead atoms. The van der Waals surface area contributed by atoms with E-state index < -0.39 is 0 Å². The number of nitrogens with zero attached hydrogens (tertiary/aromatic N) is 3. The molecular weight excluding hydrogens is 260 g/mol. The third kappa shape index (κ3) is 4.58. The van der Waals surface area contributed by atoms with E-state index >= 15 is 0 Å². The predicted octanol–water partition coefficient (Wildman–Crippen LogP) is 4.21. The Morgan fingerprint density at radius 1 is 1.05 bits per heavy atom. The molecule has 0 aliphatic heterocycles.